The van der Waals surface area contributed by atoms with Crippen molar-refractivity contribution in [2.75, 3.05) is 6.54 Å². The fourth-order valence-electron chi connectivity index (χ4n) is 6.18. The lowest BCUT2D eigenvalue weighted by atomic mass is 9.50. The predicted molar refractivity (Wildman–Crippen MR) is 76.8 cm³/mol. The quantitative estimate of drug-likeness (QED) is 0.803. The van der Waals surface area contributed by atoms with Crippen molar-refractivity contribution in [2.45, 2.75) is 69.9 Å². The lowest BCUT2D eigenvalue weighted by Gasteiger charge is -2.56. The molecule has 108 valence electrons. The zero-order valence-electron chi connectivity index (χ0n) is 12.5. The number of rotatable bonds is 2. The van der Waals surface area contributed by atoms with Crippen LogP contribution in [0.25, 0.3) is 0 Å². The molecule has 0 aromatic rings. The highest BCUT2D eigenvalue weighted by Crippen LogP contribution is 2.59. The molecule has 1 heterocycles. The van der Waals surface area contributed by atoms with Crippen LogP contribution in [-0.2, 0) is 0 Å². The van der Waals surface area contributed by atoms with Crippen molar-refractivity contribution >= 4 is 0 Å². The van der Waals surface area contributed by atoms with Gasteiger partial charge in [-0.3, -0.25) is 0 Å². The average Bonchev–Trinajstić information content (AvgIpc) is 2.58. The minimum Gasteiger partial charge on any atom is -0.388 e. The van der Waals surface area contributed by atoms with Gasteiger partial charge in [-0.15, -0.1) is 0 Å². The fourth-order valence-corrected chi connectivity index (χ4v) is 6.18. The Morgan fingerprint density at radius 3 is 2.05 bits per heavy atom. The molecule has 5 fully saturated rings. The van der Waals surface area contributed by atoms with Crippen LogP contribution in [0.15, 0.2) is 0 Å². The van der Waals surface area contributed by atoms with E-state index in [1.54, 1.807) is 0 Å². The third-order valence-corrected chi connectivity index (χ3v) is 7.26. The first kappa shape index (κ1) is 12.6. The monoisotopic (exact) mass is 263 g/mol. The molecular weight excluding hydrogens is 234 g/mol. The molecule has 4 bridgehead atoms. The van der Waals surface area contributed by atoms with E-state index in [1.807, 2.05) is 0 Å². The SMILES string of the molecule is CC1(C)NCCC1(O)CC1C2CC3CC(C2)CC1C3. The van der Waals surface area contributed by atoms with Gasteiger partial charge in [-0.25, -0.2) is 0 Å². The molecule has 1 saturated heterocycles. The summed E-state index contributed by atoms with van der Waals surface area (Å²) >= 11 is 0. The van der Waals surface area contributed by atoms with Gasteiger partial charge < -0.3 is 10.4 Å². The van der Waals surface area contributed by atoms with Crippen molar-refractivity contribution in [2.24, 2.45) is 29.6 Å². The molecule has 0 radical (unpaired) electrons. The molecule has 1 atom stereocenters. The van der Waals surface area contributed by atoms with Gasteiger partial charge in [0.1, 0.15) is 0 Å². The number of nitrogens with one attached hydrogen (secondary N) is 1. The molecule has 19 heavy (non-hydrogen) atoms. The van der Waals surface area contributed by atoms with E-state index in [-0.39, 0.29) is 5.54 Å². The normalized spacial score (nSPS) is 54.8. The first-order valence-corrected chi connectivity index (χ1v) is 8.44. The molecule has 2 nitrogen and oxygen atoms in total. The van der Waals surface area contributed by atoms with Crippen molar-refractivity contribution in [3.63, 3.8) is 0 Å². The highest BCUT2D eigenvalue weighted by molar-refractivity contribution is 5.09. The molecule has 4 saturated carbocycles. The van der Waals surface area contributed by atoms with Crippen LogP contribution >= 0.6 is 0 Å². The van der Waals surface area contributed by atoms with Crippen LogP contribution in [0.2, 0.25) is 0 Å². The van der Waals surface area contributed by atoms with E-state index in [0.717, 1.165) is 49.0 Å². The minimum absolute atomic E-state index is 0.0956. The zero-order valence-corrected chi connectivity index (χ0v) is 12.5. The van der Waals surface area contributed by atoms with Gasteiger partial charge in [0.2, 0.25) is 0 Å². The molecule has 0 spiro atoms. The number of aliphatic hydroxyl groups is 1. The Kier molecular flexibility index (Phi) is 2.65. The molecule has 1 aliphatic heterocycles. The topological polar surface area (TPSA) is 32.3 Å². The van der Waals surface area contributed by atoms with E-state index in [2.05, 4.69) is 19.2 Å². The molecular formula is C17H29NO. The summed E-state index contributed by atoms with van der Waals surface area (Å²) in [7, 11) is 0. The van der Waals surface area contributed by atoms with Gasteiger partial charge in [0.05, 0.1) is 5.60 Å². The Balaban J connectivity index is 1.54. The zero-order chi connectivity index (χ0) is 13.3. The maximum atomic E-state index is 11.1. The maximum absolute atomic E-state index is 11.1. The Hall–Kier alpha value is -0.0800. The van der Waals surface area contributed by atoms with Crippen LogP contribution in [-0.4, -0.2) is 22.8 Å². The van der Waals surface area contributed by atoms with Crippen LogP contribution < -0.4 is 5.32 Å². The first-order valence-electron chi connectivity index (χ1n) is 8.44. The van der Waals surface area contributed by atoms with E-state index in [4.69, 9.17) is 0 Å². The van der Waals surface area contributed by atoms with Crippen molar-refractivity contribution < 1.29 is 5.11 Å². The molecule has 4 aliphatic carbocycles. The summed E-state index contributed by atoms with van der Waals surface area (Å²) in [6.45, 7) is 5.36. The summed E-state index contributed by atoms with van der Waals surface area (Å²) in [6.07, 6.45) is 9.42. The van der Waals surface area contributed by atoms with Crippen LogP contribution in [0, 0.1) is 29.6 Å². The Labute approximate surface area is 117 Å². The maximum Gasteiger partial charge on any atom is 0.0837 e. The highest BCUT2D eigenvalue weighted by Gasteiger charge is 2.54. The minimum atomic E-state index is -0.465. The van der Waals surface area contributed by atoms with Gasteiger partial charge in [-0.2, -0.15) is 0 Å². The van der Waals surface area contributed by atoms with Crippen molar-refractivity contribution in [1.82, 2.24) is 5.32 Å². The largest absolute Gasteiger partial charge is 0.388 e. The van der Waals surface area contributed by atoms with E-state index < -0.39 is 5.60 Å². The molecule has 5 rings (SSSR count). The van der Waals surface area contributed by atoms with E-state index in [0.29, 0.717) is 0 Å². The van der Waals surface area contributed by atoms with E-state index in [9.17, 15) is 5.11 Å². The van der Waals surface area contributed by atoms with Gasteiger partial charge in [-0.05, 0) is 94.9 Å². The van der Waals surface area contributed by atoms with E-state index in [1.165, 1.54) is 32.1 Å². The van der Waals surface area contributed by atoms with Gasteiger partial charge >= 0.3 is 0 Å². The molecule has 2 N–H and O–H groups in total. The predicted octanol–water partition coefficient (Wildman–Crippen LogP) is 2.95. The highest BCUT2D eigenvalue weighted by atomic mass is 16.3. The second kappa shape index (κ2) is 3.98. The average molecular weight is 263 g/mol. The number of hydrogen-bond donors (Lipinski definition) is 2. The Bertz CT molecular complexity index is 349. The molecule has 5 aliphatic rings. The van der Waals surface area contributed by atoms with Crippen molar-refractivity contribution in [3.8, 4) is 0 Å². The van der Waals surface area contributed by atoms with Gasteiger partial charge in [0.25, 0.3) is 0 Å². The molecule has 1 unspecified atom stereocenters. The van der Waals surface area contributed by atoms with Crippen LogP contribution in [0.3, 0.4) is 0 Å². The lowest BCUT2D eigenvalue weighted by Crippen LogP contribution is -2.55. The summed E-state index contributed by atoms with van der Waals surface area (Å²) in [4.78, 5) is 0. The summed E-state index contributed by atoms with van der Waals surface area (Å²) in [5.74, 6) is 4.79. The second-order valence-corrected chi connectivity index (χ2v) is 8.63. The summed E-state index contributed by atoms with van der Waals surface area (Å²) in [6, 6.07) is 0. The summed E-state index contributed by atoms with van der Waals surface area (Å²) in [5, 5.41) is 14.7. The van der Waals surface area contributed by atoms with Gasteiger partial charge in [0, 0.05) is 5.54 Å². The third kappa shape index (κ3) is 1.82. The lowest BCUT2D eigenvalue weighted by molar-refractivity contribution is -0.0954. The van der Waals surface area contributed by atoms with Crippen molar-refractivity contribution in [1.29, 1.82) is 0 Å². The van der Waals surface area contributed by atoms with Gasteiger partial charge in [0.15, 0.2) is 0 Å². The summed E-state index contributed by atoms with van der Waals surface area (Å²) < 4.78 is 0. The van der Waals surface area contributed by atoms with Crippen LogP contribution in [0.1, 0.15) is 58.8 Å². The first-order chi connectivity index (χ1) is 8.97. The van der Waals surface area contributed by atoms with Crippen LogP contribution in [0.4, 0.5) is 0 Å². The second-order valence-electron chi connectivity index (χ2n) is 8.63. The molecule has 0 aromatic heterocycles. The number of hydrogen-bond acceptors (Lipinski definition) is 2. The Morgan fingerprint density at radius 1 is 1.00 bits per heavy atom. The van der Waals surface area contributed by atoms with Gasteiger partial charge in [-0.1, -0.05) is 0 Å². The molecule has 2 heteroatoms. The van der Waals surface area contributed by atoms with Crippen molar-refractivity contribution in [3.05, 3.63) is 0 Å². The van der Waals surface area contributed by atoms with Crippen LogP contribution in [0.5, 0.6) is 0 Å². The third-order valence-electron chi connectivity index (χ3n) is 7.26. The van der Waals surface area contributed by atoms with E-state index >= 15 is 0 Å². The molecule has 0 aromatic carbocycles. The Morgan fingerprint density at radius 2 is 1.58 bits per heavy atom. The smallest absolute Gasteiger partial charge is 0.0837 e. The fraction of sp³-hybridized carbons (Fsp3) is 1.00. The molecule has 0 amide bonds. The standard InChI is InChI=1S/C17H29NO/c1-16(2)17(19,3-4-18-16)10-15-13-6-11-5-12(8-13)9-14(15)7-11/h11-15,18-19H,3-10H2,1-2H3. The summed E-state index contributed by atoms with van der Waals surface area (Å²) in [5.41, 5.74) is -0.561.